The standard InChI is InChI=1S/4C12H13.2C2H6Si.2ClH.2Hf/c4*1-9(2)12-7-10-5-3-4-6-11(10)8-12;2*1-3-2;;;;/h4*3-9H,1-2H3;2*1-2H3;2*1H;;. The Labute approximate surface area is 380 Å². The van der Waals surface area contributed by atoms with Crippen LogP contribution in [0.3, 0.4) is 0 Å². The van der Waals surface area contributed by atoms with Crippen molar-refractivity contribution >= 4 is 60.1 Å². The monoisotopic (exact) mass is 1180 g/mol. The second-order valence-electron chi connectivity index (χ2n) is 18.4. The van der Waals surface area contributed by atoms with Crippen LogP contribution in [0.1, 0.15) is 115 Å². The molecule has 6 heteroatoms. The molecule has 4 aromatic carbocycles. The Balaban J connectivity index is 0.000000214. The van der Waals surface area contributed by atoms with Crippen LogP contribution in [0.25, 0.3) is 24.3 Å². The summed E-state index contributed by atoms with van der Waals surface area (Å²) in [6.45, 7) is 29.8. The summed E-state index contributed by atoms with van der Waals surface area (Å²) < 4.78 is 3.07. The van der Waals surface area contributed by atoms with Crippen molar-refractivity contribution in [2.75, 3.05) is 0 Å². The van der Waals surface area contributed by atoms with Gasteiger partial charge in [0.2, 0.25) is 0 Å². The summed E-state index contributed by atoms with van der Waals surface area (Å²) in [6, 6.07) is 37.1. The van der Waals surface area contributed by atoms with E-state index in [1.807, 2.05) is 0 Å². The van der Waals surface area contributed by atoms with Crippen molar-refractivity contribution in [3.05, 3.63) is 164 Å². The molecule has 0 spiro atoms. The molecule has 4 aliphatic rings. The van der Waals surface area contributed by atoms with Gasteiger partial charge in [-0.3, -0.25) is 0 Å². The third kappa shape index (κ3) is 9.19. The Morgan fingerprint density at radius 3 is 0.707 bits per heavy atom. The molecule has 0 aliphatic heterocycles. The van der Waals surface area contributed by atoms with E-state index in [1.54, 1.807) is 44.5 Å². The van der Waals surface area contributed by atoms with E-state index in [4.69, 9.17) is 0 Å². The average molecular weight is 1180 g/mol. The molecule has 304 valence electrons. The van der Waals surface area contributed by atoms with Crippen molar-refractivity contribution < 1.29 is 40.1 Å². The molecule has 0 heterocycles. The molecule has 0 bridgehead atoms. The predicted octanol–water partition coefficient (Wildman–Crippen LogP) is 15.7. The van der Waals surface area contributed by atoms with Crippen LogP contribution in [-0.2, 0) is 40.1 Å². The Morgan fingerprint density at radius 1 is 0.345 bits per heavy atom. The molecule has 0 saturated heterocycles. The second-order valence-corrected chi connectivity index (χ2v) is 68.2. The minimum atomic E-state index is -2.12. The van der Waals surface area contributed by atoms with Crippen LogP contribution >= 0.6 is 24.8 Å². The summed E-state index contributed by atoms with van der Waals surface area (Å²) >= 11 is -4.25. The Hall–Kier alpha value is -1.41. The zero-order chi connectivity index (χ0) is 40.0. The fourth-order valence-electron chi connectivity index (χ4n) is 10.3. The molecule has 8 rings (SSSR count). The Bertz CT molecular complexity index is 2030. The van der Waals surface area contributed by atoms with Crippen molar-refractivity contribution in [2.24, 2.45) is 23.7 Å². The van der Waals surface area contributed by atoms with Crippen LogP contribution in [0, 0.1) is 23.7 Å². The van der Waals surface area contributed by atoms with E-state index >= 15 is 0 Å². The Morgan fingerprint density at radius 2 is 0.534 bits per heavy atom. The van der Waals surface area contributed by atoms with Gasteiger partial charge in [0.1, 0.15) is 0 Å². The fourth-order valence-corrected chi connectivity index (χ4v) is 70.2. The number of halogens is 2. The van der Waals surface area contributed by atoms with E-state index < -0.39 is 40.1 Å². The molecule has 0 saturated carbocycles. The van der Waals surface area contributed by atoms with E-state index in [0.717, 1.165) is 14.7 Å². The minimum absolute atomic E-state index is 0. The van der Waals surface area contributed by atoms with Gasteiger partial charge < -0.3 is 0 Å². The SMILES string of the molecule is CC(C)C1=Cc2ccccc2[CH]1[Hf]([CH]1C(C(C)C)=Cc2ccccc21)=[Si](C)C.CC(C)C1=Cc2ccccc2[CH]1[Hf]([CH]1C(C(C)C)=Cc2ccccc21)=[Si](C)C.Cl.Cl. The largest absolute Gasteiger partial charge is 0.147 e. The van der Waals surface area contributed by atoms with Gasteiger partial charge in [-0.1, -0.05) is 0 Å². The average Bonchev–Trinajstić information content (AvgIpc) is 3.94. The van der Waals surface area contributed by atoms with E-state index in [9.17, 15) is 0 Å². The normalized spacial score (nSPS) is 19.4. The van der Waals surface area contributed by atoms with E-state index in [-0.39, 0.29) is 35.8 Å². The molecular weight excluding hydrogens is 1110 g/mol. The molecule has 0 fully saturated rings. The summed E-state index contributed by atoms with van der Waals surface area (Å²) in [6.07, 6.45) is 10.2. The zero-order valence-corrected chi connectivity index (χ0v) is 47.8. The van der Waals surface area contributed by atoms with Gasteiger partial charge in [-0.05, 0) is 0 Å². The van der Waals surface area contributed by atoms with Crippen molar-refractivity contribution in [1.29, 1.82) is 0 Å². The van der Waals surface area contributed by atoms with Gasteiger partial charge in [0.15, 0.2) is 0 Å². The van der Waals surface area contributed by atoms with Crippen LogP contribution in [0.5, 0.6) is 0 Å². The van der Waals surface area contributed by atoms with Gasteiger partial charge in [0.25, 0.3) is 0 Å². The van der Waals surface area contributed by atoms with Crippen molar-refractivity contribution in [3.8, 4) is 0 Å². The molecule has 0 aromatic heterocycles. The van der Waals surface area contributed by atoms with Crippen molar-refractivity contribution in [2.45, 2.75) is 96.3 Å². The number of allylic oxidation sites excluding steroid dienone is 4. The zero-order valence-electron chi connectivity index (χ0n) is 37.0. The predicted molar refractivity (Wildman–Crippen MR) is 257 cm³/mol. The van der Waals surface area contributed by atoms with Crippen molar-refractivity contribution in [1.82, 2.24) is 0 Å². The van der Waals surface area contributed by atoms with Gasteiger partial charge >= 0.3 is 359 Å². The summed E-state index contributed by atoms with van der Waals surface area (Å²) in [5, 5.41) is 0. The molecule has 0 N–H and O–H groups in total. The van der Waals surface area contributed by atoms with E-state index in [1.165, 1.54) is 22.3 Å². The first-order valence-corrected chi connectivity index (χ1v) is 45.4. The third-order valence-electron chi connectivity index (χ3n) is 12.9. The van der Waals surface area contributed by atoms with Crippen LogP contribution in [0.4, 0.5) is 0 Å². The summed E-state index contributed by atoms with van der Waals surface area (Å²) in [4.78, 5) is 0. The van der Waals surface area contributed by atoms with Crippen LogP contribution in [-0.4, -0.2) is 11.0 Å². The van der Waals surface area contributed by atoms with E-state index in [0.29, 0.717) is 23.7 Å². The third-order valence-corrected chi connectivity index (χ3v) is 67.8. The molecule has 4 atom stereocenters. The van der Waals surface area contributed by atoms with E-state index in [2.05, 4.69) is 203 Å². The topological polar surface area (TPSA) is 0 Å². The number of hydrogen-bond acceptors (Lipinski definition) is 0. The van der Waals surface area contributed by atoms with Crippen LogP contribution < -0.4 is 0 Å². The number of rotatable bonds is 8. The molecule has 0 radical (unpaired) electrons. The molecule has 0 nitrogen and oxygen atoms in total. The van der Waals surface area contributed by atoms with Crippen LogP contribution in [0.15, 0.2) is 119 Å². The molecule has 4 aliphatic carbocycles. The summed E-state index contributed by atoms with van der Waals surface area (Å²) in [7, 11) is 0. The smallest absolute Gasteiger partial charge is 0.147 e. The Kier molecular flexibility index (Phi) is 16.6. The summed E-state index contributed by atoms with van der Waals surface area (Å²) in [5.41, 5.74) is 19.0. The summed E-state index contributed by atoms with van der Waals surface area (Å²) in [5.74, 6) is 2.56. The number of hydrogen-bond donors (Lipinski definition) is 0. The maximum atomic E-state index is 2.63. The molecule has 58 heavy (non-hydrogen) atoms. The maximum absolute atomic E-state index is 2.63. The van der Waals surface area contributed by atoms with Gasteiger partial charge in [-0.15, -0.1) is 24.8 Å². The van der Waals surface area contributed by atoms with Gasteiger partial charge in [-0.25, -0.2) is 0 Å². The molecule has 0 amide bonds. The fraction of sp³-hybridized carbons (Fsp3) is 0.385. The molecular formula is C52H66Cl2Hf2Si2. The van der Waals surface area contributed by atoms with Gasteiger partial charge in [-0.2, -0.15) is 0 Å². The molecule has 4 aromatic rings. The number of fused-ring (bicyclic) bond motifs is 4. The maximum Gasteiger partial charge on any atom is -0.147 e. The first-order valence-electron chi connectivity index (χ1n) is 21.4. The van der Waals surface area contributed by atoms with Crippen molar-refractivity contribution in [3.63, 3.8) is 0 Å². The second kappa shape index (κ2) is 20.2. The van der Waals surface area contributed by atoms with Gasteiger partial charge in [0.05, 0.1) is 0 Å². The van der Waals surface area contributed by atoms with Crippen LogP contribution in [0.2, 0.25) is 26.2 Å². The molecule has 4 unspecified atom stereocenters. The first kappa shape index (κ1) is 47.6. The quantitative estimate of drug-likeness (QED) is 0.154. The van der Waals surface area contributed by atoms with Gasteiger partial charge in [0, 0.05) is 0 Å². The number of benzene rings is 4. The minimum Gasteiger partial charge on any atom is -0.147 e. The first-order chi connectivity index (χ1) is 26.8.